The molecule has 1 saturated heterocycles. The number of nitrogens with one attached hydrogen (secondary N) is 1. The molecule has 3 rings (SSSR count). The SMILES string of the molecule is CSc1ccc(NC(=O)C2CCCN(c3ncccn3)C2)cc1. The average molecular weight is 328 g/mol. The molecule has 2 aromatic rings. The molecule has 1 N–H and O–H groups in total. The maximum Gasteiger partial charge on any atom is 0.229 e. The van der Waals surface area contributed by atoms with Gasteiger partial charge >= 0.3 is 0 Å². The Bertz CT molecular complexity index is 647. The number of amides is 1. The fraction of sp³-hybridized carbons (Fsp3) is 0.353. The van der Waals surface area contributed by atoms with Gasteiger partial charge in [-0.1, -0.05) is 0 Å². The Morgan fingerprint density at radius 3 is 2.70 bits per heavy atom. The first kappa shape index (κ1) is 15.8. The lowest BCUT2D eigenvalue weighted by Gasteiger charge is -2.31. The number of carbonyl (C=O) groups is 1. The predicted octanol–water partition coefficient (Wildman–Crippen LogP) is 3.05. The van der Waals surface area contributed by atoms with Crippen LogP contribution in [-0.4, -0.2) is 35.2 Å². The van der Waals surface area contributed by atoms with Crippen molar-refractivity contribution in [3.05, 3.63) is 42.7 Å². The van der Waals surface area contributed by atoms with Gasteiger partial charge < -0.3 is 10.2 Å². The molecule has 2 heterocycles. The Morgan fingerprint density at radius 1 is 1.26 bits per heavy atom. The van der Waals surface area contributed by atoms with Crippen molar-refractivity contribution in [1.82, 2.24) is 9.97 Å². The molecule has 1 aliphatic rings. The summed E-state index contributed by atoms with van der Waals surface area (Å²) >= 11 is 1.69. The highest BCUT2D eigenvalue weighted by Crippen LogP contribution is 2.22. The molecule has 1 atom stereocenters. The first-order chi connectivity index (χ1) is 11.3. The number of hydrogen-bond donors (Lipinski definition) is 1. The van der Waals surface area contributed by atoms with Crippen LogP contribution in [0.3, 0.4) is 0 Å². The molecule has 6 heteroatoms. The summed E-state index contributed by atoms with van der Waals surface area (Å²) in [6.07, 6.45) is 7.38. The third kappa shape index (κ3) is 4.01. The molecule has 0 bridgehead atoms. The Kier molecular flexibility index (Phi) is 5.12. The van der Waals surface area contributed by atoms with Gasteiger partial charge in [0.25, 0.3) is 0 Å². The van der Waals surface area contributed by atoms with Crippen LogP contribution >= 0.6 is 11.8 Å². The molecule has 0 aliphatic carbocycles. The van der Waals surface area contributed by atoms with Gasteiger partial charge in [0.2, 0.25) is 11.9 Å². The van der Waals surface area contributed by atoms with Crippen LogP contribution in [0.25, 0.3) is 0 Å². The lowest BCUT2D eigenvalue weighted by molar-refractivity contribution is -0.120. The number of benzene rings is 1. The molecule has 0 saturated carbocycles. The molecule has 1 aromatic heterocycles. The van der Waals surface area contributed by atoms with E-state index in [4.69, 9.17) is 0 Å². The zero-order chi connectivity index (χ0) is 16.1. The Balaban J connectivity index is 1.62. The second-order valence-electron chi connectivity index (χ2n) is 5.55. The lowest BCUT2D eigenvalue weighted by Crippen LogP contribution is -2.41. The van der Waals surface area contributed by atoms with E-state index in [1.54, 1.807) is 30.2 Å². The van der Waals surface area contributed by atoms with Crippen LogP contribution < -0.4 is 10.2 Å². The molecule has 5 nitrogen and oxygen atoms in total. The highest BCUT2D eigenvalue weighted by Gasteiger charge is 2.27. The number of aromatic nitrogens is 2. The third-order valence-corrected chi connectivity index (χ3v) is 4.73. The highest BCUT2D eigenvalue weighted by molar-refractivity contribution is 7.98. The topological polar surface area (TPSA) is 58.1 Å². The average Bonchev–Trinajstić information content (AvgIpc) is 2.63. The van der Waals surface area contributed by atoms with Gasteiger partial charge in [0.1, 0.15) is 0 Å². The van der Waals surface area contributed by atoms with Crippen molar-refractivity contribution in [2.45, 2.75) is 17.7 Å². The second-order valence-corrected chi connectivity index (χ2v) is 6.43. The van der Waals surface area contributed by atoms with Crippen molar-refractivity contribution in [2.75, 3.05) is 29.6 Å². The Labute approximate surface area is 140 Å². The number of nitrogens with zero attached hydrogens (tertiary/aromatic N) is 3. The van der Waals surface area contributed by atoms with Gasteiger partial charge in [-0.2, -0.15) is 0 Å². The minimum absolute atomic E-state index is 0.0345. The summed E-state index contributed by atoms with van der Waals surface area (Å²) in [4.78, 5) is 24.4. The summed E-state index contributed by atoms with van der Waals surface area (Å²) in [6.45, 7) is 1.56. The van der Waals surface area contributed by atoms with Gasteiger partial charge in [-0.3, -0.25) is 4.79 Å². The van der Waals surface area contributed by atoms with E-state index in [1.807, 2.05) is 30.5 Å². The maximum absolute atomic E-state index is 12.5. The smallest absolute Gasteiger partial charge is 0.229 e. The molecular formula is C17H20N4OS. The van der Waals surface area contributed by atoms with E-state index in [0.29, 0.717) is 12.5 Å². The fourth-order valence-corrected chi connectivity index (χ4v) is 3.15. The third-order valence-electron chi connectivity index (χ3n) is 3.98. The van der Waals surface area contributed by atoms with E-state index in [0.717, 1.165) is 25.1 Å². The Hall–Kier alpha value is -2.08. The van der Waals surface area contributed by atoms with Crippen molar-refractivity contribution >= 4 is 29.3 Å². The maximum atomic E-state index is 12.5. The van der Waals surface area contributed by atoms with Gasteiger partial charge in [-0.15, -0.1) is 11.8 Å². The lowest BCUT2D eigenvalue weighted by atomic mass is 9.97. The monoisotopic (exact) mass is 328 g/mol. The molecule has 120 valence electrons. The van der Waals surface area contributed by atoms with E-state index in [-0.39, 0.29) is 11.8 Å². The van der Waals surface area contributed by atoms with Crippen LogP contribution in [0, 0.1) is 5.92 Å². The van der Waals surface area contributed by atoms with Crippen LogP contribution in [0.1, 0.15) is 12.8 Å². The van der Waals surface area contributed by atoms with E-state index < -0.39 is 0 Å². The quantitative estimate of drug-likeness (QED) is 0.874. The van der Waals surface area contributed by atoms with Gasteiger partial charge in [0.05, 0.1) is 5.92 Å². The predicted molar refractivity (Wildman–Crippen MR) is 93.8 cm³/mol. The van der Waals surface area contributed by atoms with E-state index >= 15 is 0 Å². The first-order valence-corrected chi connectivity index (χ1v) is 8.95. The molecule has 1 aromatic carbocycles. The Morgan fingerprint density at radius 2 is 2.00 bits per heavy atom. The standard InChI is InChI=1S/C17H20N4OS/c1-23-15-7-5-14(6-8-15)20-16(22)13-4-2-11-21(12-13)17-18-9-3-10-19-17/h3,5-10,13H,2,4,11-12H2,1H3,(H,20,22). The summed E-state index contributed by atoms with van der Waals surface area (Å²) in [5, 5.41) is 3.02. The van der Waals surface area contributed by atoms with Crippen molar-refractivity contribution in [2.24, 2.45) is 5.92 Å². The molecule has 1 amide bonds. The number of hydrogen-bond acceptors (Lipinski definition) is 5. The van der Waals surface area contributed by atoms with Crippen LogP contribution in [0.4, 0.5) is 11.6 Å². The highest BCUT2D eigenvalue weighted by atomic mass is 32.2. The van der Waals surface area contributed by atoms with Crippen LogP contribution in [-0.2, 0) is 4.79 Å². The van der Waals surface area contributed by atoms with Crippen LogP contribution in [0.5, 0.6) is 0 Å². The van der Waals surface area contributed by atoms with Gasteiger partial charge in [0, 0.05) is 36.1 Å². The number of thioether (sulfide) groups is 1. The van der Waals surface area contributed by atoms with Gasteiger partial charge in [-0.25, -0.2) is 9.97 Å². The molecule has 23 heavy (non-hydrogen) atoms. The largest absolute Gasteiger partial charge is 0.340 e. The van der Waals surface area contributed by atoms with Crippen LogP contribution in [0.2, 0.25) is 0 Å². The molecular weight excluding hydrogens is 308 g/mol. The normalized spacial score (nSPS) is 17.8. The van der Waals surface area contributed by atoms with Gasteiger partial charge in [-0.05, 0) is 49.4 Å². The summed E-state index contributed by atoms with van der Waals surface area (Å²) in [7, 11) is 0. The molecule has 0 spiro atoms. The first-order valence-electron chi connectivity index (χ1n) is 7.73. The summed E-state index contributed by atoms with van der Waals surface area (Å²) in [5.41, 5.74) is 0.848. The summed E-state index contributed by atoms with van der Waals surface area (Å²) in [5.74, 6) is 0.740. The summed E-state index contributed by atoms with van der Waals surface area (Å²) < 4.78 is 0. The number of anilines is 2. The molecule has 0 radical (unpaired) electrons. The van der Waals surface area contributed by atoms with E-state index in [1.165, 1.54) is 4.90 Å². The van der Waals surface area contributed by atoms with E-state index in [9.17, 15) is 4.79 Å². The van der Waals surface area contributed by atoms with Crippen LogP contribution in [0.15, 0.2) is 47.6 Å². The second kappa shape index (κ2) is 7.46. The fourth-order valence-electron chi connectivity index (χ4n) is 2.75. The molecule has 1 aliphatic heterocycles. The van der Waals surface area contributed by atoms with Crippen molar-refractivity contribution in [1.29, 1.82) is 0 Å². The van der Waals surface area contributed by atoms with E-state index in [2.05, 4.69) is 20.2 Å². The summed E-state index contributed by atoms with van der Waals surface area (Å²) in [6, 6.07) is 9.74. The van der Waals surface area contributed by atoms with Crippen molar-refractivity contribution in [3.63, 3.8) is 0 Å². The zero-order valence-electron chi connectivity index (χ0n) is 13.1. The number of rotatable bonds is 4. The van der Waals surface area contributed by atoms with Gasteiger partial charge in [0.15, 0.2) is 0 Å². The number of piperidine rings is 1. The number of carbonyl (C=O) groups excluding carboxylic acids is 1. The molecule has 1 fully saturated rings. The van der Waals surface area contributed by atoms with Crippen molar-refractivity contribution in [3.8, 4) is 0 Å². The van der Waals surface area contributed by atoms with Crippen molar-refractivity contribution < 1.29 is 4.79 Å². The minimum Gasteiger partial charge on any atom is -0.340 e. The molecule has 1 unspecified atom stereocenters. The zero-order valence-corrected chi connectivity index (χ0v) is 13.9. The minimum atomic E-state index is -0.0345.